The van der Waals surface area contributed by atoms with E-state index in [4.69, 9.17) is 9.15 Å². The van der Waals surface area contributed by atoms with E-state index in [9.17, 15) is 17.6 Å². The third-order valence-corrected chi connectivity index (χ3v) is 4.97. The molecule has 0 spiro atoms. The molecule has 0 atom stereocenters. The summed E-state index contributed by atoms with van der Waals surface area (Å²) in [6.07, 6.45) is -1.61. The Hall–Kier alpha value is -2.76. The summed E-state index contributed by atoms with van der Waals surface area (Å²) in [5.41, 5.74) is 1.57. The molecule has 0 amide bonds. The van der Waals surface area contributed by atoms with Crippen LogP contribution in [-0.4, -0.2) is 6.61 Å². The lowest BCUT2D eigenvalue weighted by atomic mass is 10.1. The van der Waals surface area contributed by atoms with Gasteiger partial charge in [-0.1, -0.05) is 26.0 Å². The van der Waals surface area contributed by atoms with Crippen LogP contribution < -0.4 is 4.74 Å². The zero-order valence-electron chi connectivity index (χ0n) is 17.0. The van der Waals surface area contributed by atoms with Crippen LogP contribution in [0.5, 0.6) is 5.75 Å². The molecule has 30 heavy (non-hydrogen) atoms. The minimum atomic E-state index is -4.36. The third kappa shape index (κ3) is 5.23. The first-order valence-electron chi connectivity index (χ1n) is 10.0. The van der Waals surface area contributed by atoms with Gasteiger partial charge in [0, 0.05) is 12.0 Å². The van der Waals surface area contributed by atoms with Crippen LogP contribution in [0.2, 0.25) is 0 Å². The fraction of sp³-hybridized carbons (Fsp3) is 0.333. The average Bonchev–Trinajstić information content (AvgIpc) is 3.15. The zero-order valence-corrected chi connectivity index (χ0v) is 17.0. The van der Waals surface area contributed by atoms with Gasteiger partial charge in [-0.15, -0.1) is 0 Å². The maximum Gasteiger partial charge on any atom is 0.416 e. The summed E-state index contributed by atoms with van der Waals surface area (Å²) in [6, 6.07) is 11.6. The molecule has 1 aromatic heterocycles. The van der Waals surface area contributed by atoms with Crippen molar-refractivity contribution in [3.8, 4) is 17.1 Å². The van der Waals surface area contributed by atoms with E-state index in [-0.39, 0.29) is 5.82 Å². The number of hydrogen-bond acceptors (Lipinski definition) is 2. The van der Waals surface area contributed by atoms with E-state index >= 15 is 0 Å². The first-order chi connectivity index (χ1) is 14.3. The van der Waals surface area contributed by atoms with Gasteiger partial charge in [-0.2, -0.15) is 13.2 Å². The molecule has 0 aliphatic heterocycles. The second kappa shape index (κ2) is 9.37. The predicted octanol–water partition coefficient (Wildman–Crippen LogP) is 7.24. The molecule has 3 rings (SSSR count). The second-order valence-electron chi connectivity index (χ2n) is 7.05. The Morgan fingerprint density at radius 3 is 2.27 bits per heavy atom. The summed E-state index contributed by atoms with van der Waals surface area (Å²) >= 11 is 0. The van der Waals surface area contributed by atoms with Crippen LogP contribution in [-0.2, 0) is 25.4 Å². The summed E-state index contributed by atoms with van der Waals surface area (Å²) in [5, 5.41) is 0. The van der Waals surface area contributed by atoms with Crippen molar-refractivity contribution in [2.75, 3.05) is 6.61 Å². The average molecular weight is 420 g/mol. The Balaban J connectivity index is 1.62. The minimum absolute atomic E-state index is 0.230. The van der Waals surface area contributed by atoms with Gasteiger partial charge in [-0.3, -0.25) is 0 Å². The Labute approximate surface area is 173 Å². The summed E-state index contributed by atoms with van der Waals surface area (Å²) in [7, 11) is 0. The van der Waals surface area contributed by atoms with Crippen molar-refractivity contribution in [3.63, 3.8) is 0 Å². The van der Waals surface area contributed by atoms with Crippen LogP contribution in [0.1, 0.15) is 42.7 Å². The standard InChI is InChI=1S/C24H24F4O2/c1-3-16-14-20(11-12-21(16)25)29-13-5-6-18-15-23(30-22(18)4-2)17-7-9-19(10-8-17)24(26,27)28/h7-12,14-15H,3-6,13H2,1-2H3. The molecule has 0 unspecified atom stereocenters. The lowest BCUT2D eigenvalue weighted by Crippen LogP contribution is -2.03. The largest absolute Gasteiger partial charge is 0.494 e. The van der Waals surface area contributed by atoms with Gasteiger partial charge >= 0.3 is 6.18 Å². The highest BCUT2D eigenvalue weighted by atomic mass is 19.4. The van der Waals surface area contributed by atoms with Gasteiger partial charge in [0.05, 0.1) is 12.2 Å². The Morgan fingerprint density at radius 2 is 1.63 bits per heavy atom. The molecular weight excluding hydrogens is 396 g/mol. The summed E-state index contributed by atoms with van der Waals surface area (Å²) in [4.78, 5) is 0. The van der Waals surface area contributed by atoms with Gasteiger partial charge in [0.25, 0.3) is 0 Å². The van der Waals surface area contributed by atoms with E-state index in [2.05, 4.69) is 0 Å². The zero-order chi connectivity index (χ0) is 21.7. The second-order valence-corrected chi connectivity index (χ2v) is 7.05. The van der Waals surface area contributed by atoms with E-state index in [1.165, 1.54) is 18.2 Å². The van der Waals surface area contributed by atoms with Crippen molar-refractivity contribution in [1.29, 1.82) is 0 Å². The minimum Gasteiger partial charge on any atom is -0.494 e. The number of furan rings is 1. The van der Waals surface area contributed by atoms with Crippen molar-refractivity contribution in [2.24, 2.45) is 0 Å². The maximum absolute atomic E-state index is 13.6. The Kier molecular flexibility index (Phi) is 6.85. The van der Waals surface area contributed by atoms with Crippen LogP contribution in [0.15, 0.2) is 52.9 Å². The number of aryl methyl sites for hydroxylation is 3. The van der Waals surface area contributed by atoms with E-state index in [1.54, 1.807) is 12.1 Å². The van der Waals surface area contributed by atoms with Gasteiger partial charge in [-0.05, 0) is 66.8 Å². The summed E-state index contributed by atoms with van der Waals surface area (Å²) < 4.78 is 63.4. The lowest BCUT2D eigenvalue weighted by molar-refractivity contribution is -0.137. The highest BCUT2D eigenvalue weighted by molar-refractivity contribution is 5.59. The normalized spacial score (nSPS) is 11.7. The van der Waals surface area contributed by atoms with Crippen molar-refractivity contribution < 1.29 is 26.7 Å². The molecule has 1 heterocycles. The number of ether oxygens (including phenoxy) is 1. The fourth-order valence-corrected chi connectivity index (χ4v) is 3.31. The van der Waals surface area contributed by atoms with Gasteiger partial charge < -0.3 is 9.15 Å². The number of rotatable bonds is 8. The van der Waals surface area contributed by atoms with Crippen molar-refractivity contribution >= 4 is 0 Å². The predicted molar refractivity (Wildman–Crippen MR) is 108 cm³/mol. The van der Waals surface area contributed by atoms with E-state index in [1.807, 2.05) is 19.9 Å². The molecule has 0 bridgehead atoms. The number of alkyl halides is 3. The highest BCUT2D eigenvalue weighted by Gasteiger charge is 2.30. The topological polar surface area (TPSA) is 22.4 Å². The van der Waals surface area contributed by atoms with Crippen LogP contribution >= 0.6 is 0 Å². The summed E-state index contributed by atoms with van der Waals surface area (Å²) in [5.74, 6) is 1.79. The molecule has 0 fully saturated rings. The molecule has 6 heteroatoms. The van der Waals surface area contributed by atoms with E-state index in [0.717, 1.165) is 36.3 Å². The molecule has 0 aliphatic rings. The van der Waals surface area contributed by atoms with Crippen LogP contribution in [0, 0.1) is 5.82 Å². The van der Waals surface area contributed by atoms with Crippen LogP contribution in [0.4, 0.5) is 17.6 Å². The monoisotopic (exact) mass is 420 g/mol. The maximum atomic E-state index is 13.6. The van der Waals surface area contributed by atoms with Crippen LogP contribution in [0.3, 0.4) is 0 Å². The van der Waals surface area contributed by atoms with E-state index in [0.29, 0.717) is 42.1 Å². The molecule has 2 nitrogen and oxygen atoms in total. The van der Waals surface area contributed by atoms with E-state index < -0.39 is 11.7 Å². The molecule has 2 aromatic carbocycles. The lowest BCUT2D eigenvalue weighted by Gasteiger charge is -2.08. The molecular formula is C24H24F4O2. The smallest absolute Gasteiger partial charge is 0.416 e. The summed E-state index contributed by atoms with van der Waals surface area (Å²) in [6.45, 7) is 4.33. The van der Waals surface area contributed by atoms with Crippen molar-refractivity contribution in [1.82, 2.24) is 0 Å². The van der Waals surface area contributed by atoms with Gasteiger partial charge in [0.2, 0.25) is 0 Å². The quantitative estimate of drug-likeness (QED) is 0.283. The molecule has 0 saturated carbocycles. The molecule has 0 N–H and O–H groups in total. The first-order valence-corrected chi connectivity index (χ1v) is 10.0. The molecule has 160 valence electrons. The van der Waals surface area contributed by atoms with Gasteiger partial charge in [0.1, 0.15) is 23.1 Å². The molecule has 0 saturated heterocycles. The Bertz CT molecular complexity index is 972. The van der Waals surface area contributed by atoms with Crippen molar-refractivity contribution in [2.45, 2.75) is 45.7 Å². The Morgan fingerprint density at radius 1 is 0.900 bits per heavy atom. The first kappa shape index (κ1) is 21.9. The third-order valence-electron chi connectivity index (χ3n) is 4.97. The van der Waals surface area contributed by atoms with Gasteiger partial charge in [0.15, 0.2) is 0 Å². The highest BCUT2D eigenvalue weighted by Crippen LogP contribution is 2.32. The van der Waals surface area contributed by atoms with Gasteiger partial charge in [-0.25, -0.2) is 4.39 Å². The van der Waals surface area contributed by atoms with Crippen molar-refractivity contribution in [3.05, 3.63) is 76.8 Å². The molecule has 0 aliphatic carbocycles. The number of halogens is 4. The molecule has 3 aromatic rings. The van der Waals surface area contributed by atoms with Crippen LogP contribution in [0.25, 0.3) is 11.3 Å². The number of hydrogen-bond donors (Lipinski definition) is 0. The SMILES string of the molecule is CCc1cc(OCCCc2cc(-c3ccc(C(F)(F)F)cc3)oc2CC)ccc1F. The molecule has 0 radical (unpaired) electrons. The number of benzene rings is 2. The fourth-order valence-electron chi connectivity index (χ4n) is 3.31.